The zero-order chi connectivity index (χ0) is 23.7. The van der Waals surface area contributed by atoms with Gasteiger partial charge in [-0.25, -0.2) is 0 Å². The summed E-state index contributed by atoms with van der Waals surface area (Å²) >= 11 is 0. The van der Waals surface area contributed by atoms with Crippen molar-refractivity contribution in [3.63, 3.8) is 0 Å². The first-order valence-corrected chi connectivity index (χ1v) is 10.3. The number of hydrogen-bond donors (Lipinski definition) is 0. The molecular weight excluding hydrogens is 447 g/mol. The molecule has 9 heteroatoms. The monoisotopic (exact) mass is 465 g/mol. The molecule has 0 aliphatic heterocycles. The molecule has 0 spiro atoms. The molecule has 0 atom stereocenters. The number of rotatable bonds is 6. The largest absolute Gasteiger partial charge is 0.573 e. The Bertz CT molecular complexity index is 1480. The van der Waals surface area contributed by atoms with Crippen LogP contribution in [-0.4, -0.2) is 28.1 Å². The third kappa shape index (κ3) is 4.45. The van der Waals surface area contributed by atoms with Crippen LogP contribution in [0.2, 0.25) is 0 Å². The molecule has 0 amide bonds. The molecule has 0 saturated carbocycles. The van der Waals surface area contributed by atoms with Gasteiger partial charge in [-0.3, -0.25) is 4.40 Å². The Hall–Kier alpha value is -4.27. The molecule has 6 nitrogen and oxygen atoms in total. The minimum absolute atomic E-state index is 0.146. The molecule has 0 saturated heterocycles. The normalized spacial score (nSPS) is 11.6. The maximum Gasteiger partial charge on any atom is 0.573 e. The van der Waals surface area contributed by atoms with E-state index in [1.807, 2.05) is 36.4 Å². The van der Waals surface area contributed by atoms with E-state index < -0.39 is 6.36 Å². The number of methoxy groups -OCH3 is 1. The van der Waals surface area contributed by atoms with Crippen LogP contribution in [0.25, 0.3) is 27.5 Å². The predicted molar refractivity (Wildman–Crippen MR) is 120 cm³/mol. The van der Waals surface area contributed by atoms with Crippen molar-refractivity contribution >= 4 is 16.4 Å². The predicted octanol–water partition coefficient (Wildman–Crippen LogP) is 6.04. The molecule has 5 rings (SSSR count). The number of nitrogens with zero attached hydrogens (tertiary/aromatic N) is 3. The highest BCUT2D eigenvalue weighted by molar-refractivity contribution is 5.89. The standard InChI is InChI=1S/C25H18F3N3O3/c1-32-19-9-10-21-17(13-19)5-3-7-22(21)33-15-24-30-29-23-11-8-18(14-31(23)24)16-4-2-6-20(12-16)34-25(26,27)28/h2-14H,15H2,1H3. The van der Waals surface area contributed by atoms with E-state index >= 15 is 0 Å². The van der Waals surface area contributed by atoms with Crippen LogP contribution >= 0.6 is 0 Å². The maximum absolute atomic E-state index is 12.6. The van der Waals surface area contributed by atoms with E-state index in [4.69, 9.17) is 9.47 Å². The summed E-state index contributed by atoms with van der Waals surface area (Å²) in [6, 6.07) is 20.8. The Morgan fingerprint density at radius 2 is 1.71 bits per heavy atom. The summed E-state index contributed by atoms with van der Waals surface area (Å²) in [6.45, 7) is 0.146. The van der Waals surface area contributed by atoms with E-state index in [1.54, 1.807) is 35.9 Å². The molecule has 0 unspecified atom stereocenters. The van der Waals surface area contributed by atoms with Crippen molar-refractivity contribution in [1.82, 2.24) is 14.6 Å². The highest BCUT2D eigenvalue weighted by Gasteiger charge is 2.31. The summed E-state index contributed by atoms with van der Waals surface area (Å²) in [4.78, 5) is 0. The van der Waals surface area contributed by atoms with Crippen LogP contribution < -0.4 is 14.2 Å². The van der Waals surface area contributed by atoms with Crippen molar-refractivity contribution in [3.8, 4) is 28.4 Å². The summed E-state index contributed by atoms with van der Waals surface area (Å²) in [5.41, 5.74) is 1.83. The lowest BCUT2D eigenvalue weighted by Gasteiger charge is -2.11. The highest BCUT2D eigenvalue weighted by atomic mass is 19.4. The summed E-state index contributed by atoms with van der Waals surface area (Å²) in [7, 11) is 1.62. The van der Waals surface area contributed by atoms with Crippen LogP contribution in [0.1, 0.15) is 5.82 Å². The Kier molecular flexibility index (Phi) is 5.45. The van der Waals surface area contributed by atoms with Gasteiger partial charge >= 0.3 is 6.36 Å². The summed E-state index contributed by atoms with van der Waals surface area (Å²) in [6.07, 6.45) is -3.00. The Morgan fingerprint density at radius 1 is 0.853 bits per heavy atom. The minimum atomic E-state index is -4.76. The number of halogens is 3. The van der Waals surface area contributed by atoms with Gasteiger partial charge in [-0.2, -0.15) is 0 Å². The topological polar surface area (TPSA) is 57.9 Å². The molecule has 2 heterocycles. The third-order valence-corrected chi connectivity index (χ3v) is 5.28. The zero-order valence-corrected chi connectivity index (χ0v) is 17.9. The summed E-state index contributed by atoms with van der Waals surface area (Å²) < 4.78 is 54.9. The van der Waals surface area contributed by atoms with Crippen molar-refractivity contribution in [2.75, 3.05) is 7.11 Å². The molecule has 34 heavy (non-hydrogen) atoms. The number of alkyl halides is 3. The van der Waals surface area contributed by atoms with Crippen LogP contribution in [0.5, 0.6) is 17.2 Å². The van der Waals surface area contributed by atoms with Crippen molar-refractivity contribution in [1.29, 1.82) is 0 Å². The van der Waals surface area contributed by atoms with Gasteiger partial charge in [-0.1, -0.05) is 24.3 Å². The highest BCUT2D eigenvalue weighted by Crippen LogP contribution is 2.30. The third-order valence-electron chi connectivity index (χ3n) is 5.28. The van der Waals surface area contributed by atoms with E-state index in [1.165, 1.54) is 18.2 Å². The van der Waals surface area contributed by atoms with Gasteiger partial charge < -0.3 is 14.2 Å². The molecule has 0 aliphatic rings. The molecular formula is C25H18F3N3O3. The van der Waals surface area contributed by atoms with E-state index in [0.29, 0.717) is 28.3 Å². The zero-order valence-electron chi connectivity index (χ0n) is 17.9. The van der Waals surface area contributed by atoms with E-state index in [2.05, 4.69) is 14.9 Å². The molecule has 0 N–H and O–H groups in total. The molecule has 0 radical (unpaired) electrons. The van der Waals surface area contributed by atoms with Crippen LogP contribution in [0, 0.1) is 0 Å². The fourth-order valence-corrected chi connectivity index (χ4v) is 3.71. The number of benzene rings is 3. The number of ether oxygens (including phenoxy) is 3. The van der Waals surface area contributed by atoms with Gasteiger partial charge in [-0.15, -0.1) is 23.4 Å². The van der Waals surface area contributed by atoms with Crippen LogP contribution in [0.3, 0.4) is 0 Å². The maximum atomic E-state index is 12.6. The Balaban J connectivity index is 1.42. The lowest BCUT2D eigenvalue weighted by Crippen LogP contribution is -2.17. The first kappa shape index (κ1) is 21.6. The quantitative estimate of drug-likeness (QED) is 0.306. The van der Waals surface area contributed by atoms with Crippen molar-refractivity contribution in [3.05, 3.63) is 84.8 Å². The SMILES string of the molecule is COc1ccc2c(OCc3nnc4ccc(-c5cccc(OC(F)(F)F)c5)cn34)cccc2c1. The fraction of sp³-hybridized carbons (Fsp3) is 0.120. The molecule has 5 aromatic rings. The first-order chi connectivity index (χ1) is 16.4. The van der Waals surface area contributed by atoms with Gasteiger partial charge in [-0.05, 0) is 65.0 Å². The first-order valence-electron chi connectivity index (χ1n) is 10.3. The van der Waals surface area contributed by atoms with Crippen molar-refractivity contribution in [2.45, 2.75) is 13.0 Å². The van der Waals surface area contributed by atoms with Crippen LogP contribution in [0.4, 0.5) is 13.2 Å². The lowest BCUT2D eigenvalue weighted by atomic mass is 10.1. The van der Waals surface area contributed by atoms with Gasteiger partial charge in [0.15, 0.2) is 11.5 Å². The molecule has 2 aromatic heterocycles. The molecule has 172 valence electrons. The average Bonchev–Trinajstić information content (AvgIpc) is 3.23. The van der Waals surface area contributed by atoms with Crippen molar-refractivity contribution in [2.24, 2.45) is 0 Å². The van der Waals surface area contributed by atoms with E-state index in [9.17, 15) is 13.2 Å². The van der Waals surface area contributed by atoms with Gasteiger partial charge in [0.05, 0.1) is 7.11 Å². The van der Waals surface area contributed by atoms with Gasteiger partial charge in [0.2, 0.25) is 0 Å². The summed E-state index contributed by atoms with van der Waals surface area (Å²) in [5, 5.41) is 10.3. The smallest absolute Gasteiger partial charge is 0.497 e. The summed E-state index contributed by atoms with van der Waals surface area (Å²) in [5.74, 6) is 1.70. The number of fused-ring (bicyclic) bond motifs is 2. The number of hydrogen-bond acceptors (Lipinski definition) is 5. The second kappa shape index (κ2) is 8.58. The number of pyridine rings is 1. The van der Waals surface area contributed by atoms with E-state index in [-0.39, 0.29) is 12.4 Å². The van der Waals surface area contributed by atoms with Crippen molar-refractivity contribution < 1.29 is 27.4 Å². The Labute approximate surface area is 192 Å². The number of aromatic nitrogens is 3. The second-order valence-electron chi connectivity index (χ2n) is 7.47. The average molecular weight is 465 g/mol. The Morgan fingerprint density at radius 3 is 2.53 bits per heavy atom. The molecule has 3 aromatic carbocycles. The lowest BCUT2D eigenvalue weighted by molar-refractivity contribution is -0.274. The second-order valence-corrected chi connectivity index (χ2v) is 7.47. The minimum Gasteiger partial charge on any atom is -0.497 e. The van der Waals surface area contributed by atoms with Crippen LogP contribution in [-0.2, 0) is 6.61 Å². The molecule has 0 fully saturated rings. The molecule has 0 bridgehead atoms. The van der Waals surface area contributed by atoms with Gasteiger partial charge in [0.1, 0.15) is 23.9 Å². The molecule has 0 aliphatic carbocycles. The fourth-order valence-electron chi connectivity index (χ4n) is 3.71. The van der Waals surface area contributed by atoms with E-state index in [0.717, 1.165) is 16.5 Å². The van der Waals surface area contributed by atoms with Gasteiger partial charge in [0, 0.05) is 11.6 Å². The van der Waals surface area contributed by atoms with Gasteiger partial charge in [0.25, 0.3) is 0 Å². The van der Waals surface area contributed by atoms with Crippen LogP contribution in [0.15, 0.2) is 79.0 Å².